The molecule has 2 aromatic carbocycles. The van der Waals surface area contributed by atoms with E-state index >= 15 is 0 Å². The van der Waals surface area contributed by atoms with Crippen LogP contribution >= 0.6 is 0 Å². The lowest BCUT2D eigenvalue weighted by Crippen LogP contribution is -2.25. The number of fused-ring (bicyclic) bond motifs is 2. The van der Waals surface area contributed by atoms with E-state index < -0.39 is 0 Å². The van der Waals surface area contributed by atoms with Crippen molar-refractivity contribution in [1.29, 1.82) is 0 Å². The minimum Gasteiger partial charge on any atom is -0.381 e. The van der Waals surface area contributed by atoms with Gasteiger partial charge in [0.1, 0.15) is 0 Å². The molecule has 1 saturated carbocycles. The van der Waals surface area contributed by atoms with Crippen LogP contribution in [0.5, 0.6) is 0 Å². The number of anilines is 2. The number of rotatable bonds is 5. The van der Waals surface area contributed by atoms with E-state index in [4.69, 9.17) is 14.7 Å². The first-order valence-corrected chi connectivity index (χ1v) is 12.9. The van der Waals surface area contributed by atoms with Crippen LogP contribution in [0.25, 0.3) is 28.1 Å². The Balaban J connectivity index is 1.60. The molecule has 6 heteroatoms. The SMILES string of the molecule is COC1CCC(N=c2cc3n(-c4ccccc4)c4c(C)cccc4nc-3cc2Nc2cccnc2)CC1. The lowest BCUT2D eigenvalue weighted by Gasteiger charge is -2.25. The molecule has 37 heavy (non-hydrogen) atoms. The smallest absolute Gasteiger partial charge is 0.0900 e. The molecule has 0 radical (unpaired) electrons. The van der Waals surface area contributed by atoms with Crippen molar-refractivity contribution < 1.29 is 4.74 Å². The Morgan fingerprint density at radius 3 is 2.54 bits per heavy atom. The quantitative estimate of drug-likeness (QED) is 0.289. The number of nitrogens with one attached hydrogen (secondary N) is 1. The number of hydrogen-bond acceptors (Lipinski definition) is 5. The van der Waals surface area contributed by atoms with E-state index in [0.717, 1.165) is 70.5 Å². The number of para-hydroxylation sites is 2. The van der Waals surface area contributed by atoms with Crippen molar-refractivity contribution in [3.05, 3.63) is 96.1 Å². The maximum Gasteiger partial charge on any atom is 0.0900 e. The van der Waals surface area contributed by atoms with Crippen LogP contribution in [0.3, 0.4) is 0 Å². The van der Waals surface area contributed by atoms with E-state index in [1.54, 1.807) is 6.20 Å². The highest BCUT2D eigenvalue weighted by Crippen LogP contribution is 2.32. The van der Waals surface area contributed by atoms with Crippen molar-refractivity contribution in [3.8, 4) is 17.1 Å². The number of aromatic nitrogens is 3. The molecule has 186 valence electrons. The average molecular weight is 490 g/mol. The first kappa shape index (κ1) is 23.4. The van der Waals surface area contributed by atoms with Crippen LogP contribution in [0.4, 0.5) is 11.4 Å². The highest BCUT2D eigenvalue weighted by Gasteiger charge is 2.22. The Bertz CT molecular complexity index is 1550. The fraction of sp³-hybridized carbons (Fsp3) is 0.258. The van der Waals surface area contributed by atoms with Crippen molar-refractivity contribution in [2.75, 3.05) is 12.4 Å². The Kier molecular flexibility index (Phi) is 6.41. The van der Waals surface area contributed by atoms with Crippen molar-refractivity contribution in [2.24, 2.45) is 4.99 Å². The molecule has 0 saturated heterocycles. The molecular formula is C31H31N5O. The first-order chi connectivity index (χ1) is 18.2. The number of aryl methyl sites for hydroxylation is 1. The van der Waals surface area contributed by atoms with Gasteiger partial charge in [-0.05, 0) is 80.6 Å². The topological polar surface area (TPSA) is 64.3 Å². The highest BCUT2D eigenvalue weighted by atomic mass is 16.5. The van der Waals surface area contributed by atoms with E-state index in [1.165, 1.54) is 5.56 Å². The van der Waals surface area contributed by atoms with Gasteiger partial charge in [-0.15, -0.1) is 0 Å². The first-order valence-electron chi connectivity index (χ1n) is 12.9. The third-order valence-electron chi connectivity index (χ3n) is 7.27. The Morgan fingerprint density at radius 1 is 0.946 bits per heavy atom. The molecule has 1 aromatic heterocycles. The number of pyridine rings is 1. The van der Waals surface area contributed by atoms with Crippen LogP contribution in [-0.4, -0.2) is 33.8 Å². The van der Waals surface area contributed by atoms with Crippen LogP contribution in [0.2, 0.25) is 0 Å². The molecule has 3 aliphatic rings. The fourth-order valence-corrected chi connectivity index (χ4v) is 5.36. The summed E-state index contributed by atoms with van der Waals surface area (Å²) in [6.45, 7) is 2.15. The van der Waals surface area contributed by atoms with Gasteiger partial charge in [-0.1, -0.05) is 30.3 Å². The average Bonchev–Trinajstić information content (AvgIpc) is 2.94. The second kappa shape index (κ2) is 10.1. The molecule has 2 heterocycles. The summed E-state index contributed by atoms with van der Waals surface area (Å²) in [5.41, 5.74) is 8.18. The molecule has 2 aliphatic carbocycles. The number of methoxy groups -OCH3 is 1. The van der Waals surface area contributed by atoms with Crippen LogP contribution < -0.4 is 10.7 Å². The fourth-order valence-electron chi connectivity index (χ4n) is 5.36. The molecule has 0 bridgehead atoms. The summed E-state index contributed by atoms with van der Waals surface area (Å²) in [7, 11) is 1.81. The van der Waals surface area contributed by atoms with Crippen molar-refractivity contribution in [2.45, 2.75) is 44.8 Å². The van der Waals surface area contributed by atoms with E-state index in [9.17, 15) is 0 Å². The highest BCUT2D eigenvalue weighted by molar-refractivity contribution is 5.86. The normalized spacial score (nSPS) is 18.4. The lowest BCUT2D eigenvalue weighted by atomic mass is 9.93. The van der Waals surface area contributed by atoms with Crippen LogP contribution in [0, 0.1) is 6.92 Å². The number of nitrogens with zero attached hydrogens (tertiary/aromatic N) is 4. The standard InChI is InChI=1S/C31H31N5O/c1-21-8-6-12-26-31(21)36(24-10-4-3-5-11-24)30-19-28(33-22-13-15-25(37-2)16-14-22)27(18-29(30)35-26)34-23-9-7-17-32-20-23/h3-12,17-20,22,25,34H,13-16H2,1-2H3. The maximum atomic E-state index is 5.59. The lowest BCUT2D eigenvalue weighted by molar-refractivity contribution is 0.0663. The molecule has 6 rings (SSSR count). The minimum absolute atomic E-state index is 0.263. The third-order valence-corrected chi connectivity index (χ3v) is 7.27. The summed E-state index contributed by atoms with van der Waals surface area (Å²) in [6, 6.07) is 25.4. The predicted octanol–water partition coefficient (Wildman–Crippen LogP) is 6.44. The van der Waals surface area contributed by atoms with Gasteiger partial charge in [0.2, 0.25) is 0 Å². The number of ether oxygens (including phenoxy) is 1. The molecule has 0 atom stereocenters. The molecule has 1 fully saturated rings. The van der Waals surface area contributed by atoms with Gasteiger partial charge in [0.15, 0.2) is 0 Å². The molecular weight excluding hydrogens is 458 g/mol. The zero-order valence-electron chi connectivity index (χ0n) is 21.3. The second-order valence-electron chi connectivity index (χ2n) is 9.75. The largest absolute Gasteiger partial charge is 0.381 e. The van der Waals surface area contributed by atoms with E-state index in [1.807, 2.05) is 25.4 Å². The summed E-state index contributed by atoms with van der Waals surface area (Å²) >= 11 is 0. The second-order valence-corrected chi connectivity index (χ2v) is 9.75. The molecule has 3 aromatic rings. The van der Waals surface area contributed by atoms with Crippen molar-refractivity contribution in [3.63, 3.8) is 0 Å². The Hall–Kier alpha value is -4.03. The summed E-state index contributed by atoms with van der Waals surface area (Å²) in [5, 5.41) is 4.50. The molecule has 0 amide bonds. The van der Waals surface area contributed by atoms with Crippen LogP contribution in [0.1, 0.15) is 31.2 Å². The van der Waals surface area contributed by atoms with Gasteiger partial charge in [0.25, 0.3) is 0 Å². The zero-order valence-corrected chi connectivity index (χ0v) is 21.3. The molecule has 6 nitrogen and oxygen atoms in total. The van der Waals surface area contributed by atoms with E-state index in [2.05, 4.69) is 82.5 Å². The van der Waals surface area contributed by atoms with Gasteiger partial charge in [-0.3, -0.25) is 9.98 Å². The van der Waals surface area contributed by atoms with Gasteiger partial charge in [0, 0.05) is 19.0 Å². The van der Waals surface area contributed by atoms with Gasteiger partial charge in [-0.25, -0.2) is 4.98 Å². The van der Waals surface area contributed by atoms with Crippen LogP contribution in [-0.2, 0) is 4.74 Å². The van der Waals surface area contributed by atoms with Crippen LogP contribution in [0.15, 0.2) is 90.2 Å². The zero-order chi connectivity index (χ0) is 25.2. The Labute approximate surface area is 217 Å². The summed E-state index contributed by atoms with van der Waals surface area (Å²) in [4.78, 5) is 14.7. The monoisotopic (exact) mass is 489 g/mol. The summed E-state index contributed by atoms with van der Waals surface area (Å²) in [5.74, 6) is 0. The predicted molar refractivity (Wildman–Crippen MR) is 149 cm³/mol. The summed E-state index contributed by atoms with van der Waals surface area (Å²) < 4.78 is 7.92. The van der Waals surface area contributed by atoms with E-state index in [0.29, 0.717) is 6.10 Å². The van der Waals surface area contributed by atoms with Crippen molar-refractivity contribution >= 4 is 22.4 Å². The van der Waals surface area contributed by atoms with Gasteiger partial charge in [-0.2, -0.15) is 0 Å². The molecule has 0 spiro atoms. The number of hydrogen-bond donors (Lipinski definition) is 1. The van der Waals surface area contributed by atoms with Gasteiger partial charge >= 0.3 is 0 Å². The van der Waals surface area contributed by atoms with Gasteiger partial charge in [0.05, 0.1) is 57.5 Å². The third kappa shape index (κ3) is 4.72. The number of benzene rings is 3. The molecule has 1 N–H and O–H groups in total. The summed E-state index contributed by atoms with van der Waals surface area (Å²) in [6.07, 6.45) is 8.09. The molecule has 1 aliphatic heterocycles. The molecule has 0 unspecified atom stereocenters. The Morgan fingerprint density at radius 2 is 1.78 bits per heavy atom. The maximum absolute atomic E-state index is 5.59. The minimum atomic E-state index is 0.263. The van der Waals surface area contributed by atoms with E-state index in [-0.39, 0.29) is 6.04 Å². The van der Waals surface area contributed by atoms with Gasteiger partial charge < -0.3 is 14.6 Å². The van der Waals surface area contributed by atoms with Crippen molar-refractivity contribution in [1.82, 2.24) is 14.5 Å².